The van der Waals surface area contributed by atoms with Crippen molar-refractivity contribution in [2.45, 2.75) is 12.7 Å². The van der Waals surface area contributed by atoms with Crippen LogP contribution in [0, 0.1) is 0 Å². The van der Waals surface area contributed by atoms with Crippen LogP contribution in [0.1, 0.15) is 17.2 Å². The second-order valence-electron chi connectivity index (χ2n) is 4.95. The average Bonchev–Trinajstić information content (AvgIpc) is 2.45. The minimum atomic E-state index is -3.21. The Morgan fingerprint density at radius 3 is 2.24 bits per heavy atom. The lowest BCUT2D eigenvalue weighted by Gasteiger charge is -2.11. The maximum Gasteiger partial charge on any atom is 0.150 e. The molecule has 0 aliphatic heterocycles. The summed E-state index contributed by atoms with van der Waals surface area (Å²) >= 11 is 0. The minimum absolute atomic E-state index is 0.281. The third kappa shape index (κ3) is 5.21. The lowest BCUT2D eigenvalue weighted by Crippen LogP contribution is -2.12. The Hall–Kier alpha value is -1.85. The molecule has 0 aliphatic carbocycles. The van der Waals surface area contributed by atoms with Crippen molar-refractivity contribution < 1.29 is 18.3 Å². The Kier molecular flexibility index (Phi) is 4.98. The number of hydrogen-bond acceptors (Lipinski definition) is 4. The summed E-state index contributed by atoms with van der Waals surface area (Å²) in [6.45, 7) is 0.464. The molecule has 2 aromatic rings. The van der Waals surface area contributed by atoms with Gasteiger partial charge in [0.1, 0.15) is 22.2 Å². The van der Waals surface area contributed by atoms with Gasteiger partial charge in [-0.3, -0.25) is 0 Å². The van der Waals surface area contributed by atoms with Gasteiger partial charge in [0.05, 0.1) is 11.9 Å². The van der Waals surface area contributed by atoms with Crippen molar-refractivity contribution in [2.24, 2.45) is 0 Å². The largest absolute Gasteiger partial charge is 0.489 e. The van der Waals surface area contributed by atoms with Crippen molar-refractivity contribution in [3.05, 3.63) is 65.7 Å². The van der Waals surface area contributed by atoms with Gasteiger partial charge in [0, 0.05) is 6.26 Å². The standard InChI is InChI=1S/C16H18O4S/c1-21(18,19)12-16(17)14-7-9-15(10-8-14)20-11-13-5-3-2-4-6-13/h2-10,16-17H,11-12H2,1H3. The van der Waals surface area contributed by atoms with E-state index in [1.165, 1.54) is 0 Å². The monoisotopic (exact) mass is 306 g/mol. The molecule has 2 aromatic carbocycles. The summed E-state index contributed by atoms with van der Waals surface area (Å²) in [6.07, 6.45) is 0.0938. The summed E-state index contributed by atoms with van der Waals surface area (Å²) in [5, 5.41) is 9.83. The lowest BCUT2D eigenvalue weighted by atomic mass is 10.1. The summed E-state index contributed by atoms with van der Waals surface area (Å²) in [5.41, 5.74) is 1.63. The van der Waals surface area contributed by atoms with E-state index in [9.17, 15) is 13.5 Å². The van der Waals surface area contributed by atoms with Crippen molar-refractivity contribution in [3.63, 3.8) is 0 Å². The molecule has 1 unspecified atom stereocenters. The lowest BCUT2D eigenvalue weighted by molar-refractivity contribution is 0.201. The van der Waals surface area contributed by atoms with Crippen LogP contribution in [0.4, 0.5) is 0 Å². The Balaban J connectivity index is 1.96. The highest BCUT2D eigenvalue weighted by atomic mass is 32.2. The van der Waals surface area contributed by atoms with Crippen LogP contribution in [0.3, 0.4) is 0 Å². The van der Waals surface area contributed by atoms with Crippen LogP contribution in [-0.2, 0) is 16.4 Å². The van der Waals surface area contributed by atoms with E-state index in [1.807, 2.05) is 30.3 Å². The average molecular weight is 306 g/mol. The van der Waals surface area contributed by atoms with Crippen LogP contribution in [0.5, 0.6) is 5.75 Å². The predicted octanol–water partition coefficient (Wildman–Crippen LogP) is 2.34. The first-order chi connectivity index (χ1) is 9.94. The van der Waals surface area contributed by atoms with E-state index in [-0.39, 0.29) is 5.75 Å². The highest BCUT2D eigenvalue weighted by Crippen LogP contribution is 2.19. The maximum absolute atomic E-state index is 11.2. The molecule has 0 saturated carbocycles. The number of hydrogen-bond donors (Lipinski definition) is 1. The maximum atomic E-state index is 11.2. The van der Waals surface area contributed by atoms with E-state index in [2.05, 4.69) is 0 Å². The minimum Gasteiger partial charge on any atom is -0.489 e. The number of benzene rings is 2. The Bertz CT molecular complexity index is 663. The fourth-order valence-electron chi connectivity index (χ4n) is 1.91. The second kappa shape index (κ2) is 6.74. The molecule has 1 N–H and O–H groups in total. The van der Waals surface area contributed by atoms with Crippen LogP contribution in [0.15, 0.2) is 54.6 Å². The molecule has 0 bridgehead atoms. The van der Waals surface area contributed by atoms with Crippen molar-refractivity contribution in [1.29, 1.82) is 0 Å². The number of rotatable bonds is 6. The van der Waals surface area contributed by atoms with Crippen LogP contribution in [-0.4, -0.2) is 25.5 Å². The van der Waals surface area contributed by atoms with Gasteiger partial charge in [0.25, 0.3) is 0 Å². The van der Waals surface area contributed by atoms with Gasteiger partial charge in [-0.2, -0.15) is 0 Å². The Labute approximate surface area is 124 Å². The fourth-order valence-corrected chi connectivity index (χ4v) is 2.68. The summed E-state index contributed by atoms with van der Waals surface area (Å²) in [5.74, 6) is 0.395. The first-order valence-corrected chi connectivity index (χ1v) is 8.62. The molecule has 21 heavy (non-hydrogen) atoms. The van der Waals surface area contributed by atoms with Crippen molar-refractivity contribution in [2.75, 3.05) is 12.0 Å². The molecule has 0 fully saturated rings. The first kappa shape index (κ1) is 15.5. The van der Waals surface area contributed by atoms with E-state index in [0.717, 1.165) is 11.8 Å². The first-order valence-electron chi connectivity index (χ1n) is 6.56. The molecular formula is C16H18O4S. The smallest absolute Gasteiger partial charge is 0.150 e. The SMILES string of the molecule is CS(=O)(=O)CC(O)c1ccc(OCc2ccccc2)cc1. The van der Waals surface area contributed by atoms with Crippen molar-refractivity contribution in [3.8, 4) is 5.75 Å². The summed E-state index contributed by atoms with van der Waals surface area (Å²) in [7, 11) is -3.21. The number of aliphatic hydroxyl groups is 1. The van der Waals surface area contributed by atoms with E-state index in [1.54, 1.807) is 24.3 Å². The number of aliphatic hydroxyl groups excluding tert-OH is 1. The number of sulfone groups is 1. The van der Waals surface area contributed by atoms with Crippen LogP contribution < -0.4 is 4.74 Å². The summed E-state index contributed by atoms with van der Waals surface area (Å²) < 4.78 is 27.9. The van der Waals surface area contributed by atoms with Crippen molar-refractivity contribution in [1.82, 2.24) is 0 Å². The molecule has 0 aromatic heterocycles. The molecule has 112 valence electrons. The topological polar surface area (TPSA) is 63.6 Å². The molecular weight excluding hydrogens is 288 g/mol. The van der Waals surface area contributed by atoms with E-state index >= 15 is 0 Å². The van der Waals surface area contributed by atoms with E-state index in [0.29, 0.717) is 17.9 Å². The highest BCUT2D eigenvalue weighted by Gasteiger charge is 2.14. The van der Waals surface area contributed by atoms with E-state index in [4.69, 9.17) is 4.74 Å². The zero-order valence-electron chi connectivity index (χ0n) is 11.8. The van der Waals surface area contributed by atoms with Gasteiger partial charge >= 0.3 is 0 Å². The van der Waals surface area contributed by atoms with Crippen LogP contribution >= 0.6 is 0 Å². The molecule has 0 saturated heterocycles. The third-order valence-corrected chi connectivity index (χ3v) is 3.90. The summed E-state index contributed by atoms with van der Waals surface area (Å²) in [4.78, 5) is 0. The zero-order valence-corrected chi connectivity index (χ0v) is 12.6. The second-order valence-corrected chi connectivity index (χ2v) is 7.14. The van der Waals surface area contributed by atoms with Crippen LogP contribution in [0.2, 0.25) is 0 Å². The summed E-state index contributed by atoms with van der Waals surface area (Å²) in [6, 6.07) is 16.6. The quantitative estimate of drug-likeness (QED) is 0.890. The molecule has 0 spiro atoms. The molecule has 0 amide bonds. The van der Waals surface area contributed by atoms with Gasteiger partial charge in [-0.1, -0.05) is 42.5 Å². The van der Waals surface area contributed by atoms with Gasteiger partial charge in [0.2, 0.25) is 0 Å². The predicted molar refractivity (Wildman–Crippen MR) is 81.9 cm³/mol. The van der Waals surface area contributed by atoms with Gasteiger partial charge in [0.15, 0.2) is 0 Å². The molecule has 2 rings (SSSR count). The van der Waals surface area contributed by atoms with E-state index < -0.39 is 15.9 Å². The molecule has 4 nitrogen and oxygen atoms in total. The molecule has 0 aliphatic rings. The third-order valence-electron chi connectivity index (χ3n) is 2.97. The van der Waals surface area contributed by atoms with Gasteiger partial charge in [-0.25, -0.2) is 8.42 Å². The van der Waals surface area contributed by atoms with Gasteiger partial charge < -0.3 is 9.84 Å². The molecule has 5 heteroatoms. The zero-order chi connectivity index (χ0) is 15.3. The van der Waals surface area contributed by atoms with Crippen LogP contribution in [0.25, 0.3) is 0 Å². The number of ether oxygens (including phenoxy) is 1. The Morgan fingerprint density at radius 2 is 1.67 bits per heavy atom. The van der Waals surface area contributed by atoms with Gasteiger partial charge in [-0.15, -0.1) is 0 Å². The van der Waals surface area contributed by atoms with Crippen molar-refractivity contribution >= 4 is 9.84 Å². The molecule has 0 heterocycles. The highest BCUT2D eigenvalue weighted by molar-refractivity contribution is 7.90. The normalized spacial score (nSPS) is 12.9. The molecule has 1 atom stereocenters. The fraction of sp³-hybridized carbons (Fsp3) is 0.250. The molecule has 0 radical (unpaired) electrons. The Morgan fingerprint density at radius 1 is 1.05 bits per heavy atom. The van der Waals surface area contributed by atoms with Gasteiger partial charge in [-0.05, 0) is 23.3 Å².